The summed E-state index contributed by atoms with van der Waals surface area (Å²) in [5.74, 6) is 0.453. The lowest BCUT2D eigenvalue weighted by Crippen LogP contribution is -2.02. The summed E-state index contributed by atoms with van der Waals surface area (Å²) in [5, 5.41) is 15.1. The number of benzene rings is 1. The lowest BCUT2D eigenvalue weighted by Gasteiger charge is -1.99. The molecule has 2 heterocycles. The zero-order valence-corrected chi connectivity index (χ0v) is 11.0. The number of hydrogen-bond acceptors (Lipinski definition) is 5. The second kappa shape index (κ2) is 5.49. The first-order chi connectivity index (χ1) is 10.2. The van der Waals surface area contributed by atoms with Gasteiger partial charge in [-0.3, -0.25) is 15.1 Å². The average molecular weight is 281 g/mol. The van der Waals surface area contributed by atoms with Crippen LogP contribution in [-0.2, 0) is 6.54 Å². The predicted octanol–water partition coefficient (Wildman–Crippen LogP) is 2.30. The molecule has 0 unspecified atom stereocenters. The van der Waals surface area contributed by atoms with Gasteiger partial charge in [0.2, 0.25) is 0 Å². The van der Waals surface area contributed by atoms with Gasteiger partial charge in [0.05, 0.1) is 17.2 Å². The van der Waals surface area contributed by atoms with Gasteiger partial charge in [0, 0.05) is 23.9 Å². The molecule has 0 atom stereocenters. The van der Waals surface area contributed by atoms with Crippen LogP contribution in [0.1, 0.15) is 5.69 Å². The van der Waals surface area contributed by atoms with Gasteiger partial charge in [-0.25, -0.2) is 9.67 Å². The van der Waals surface area contributed by atoms with Gasteiger partial charge in [0.25, 0.3) is 5.69 Å². The van der Waals surface area contributed by atoms with Crippen LogP contribution in [0, 0.1) is 10.1 Å². The van der Waals surface area contributed by atoms with Crippen LogP contribution in [-0.4, -0.2) is 24.7 Å². The molecule has 3 aromatic rings. The summed E-state index contributed by atoms with van der Waals surface area (Å²) in [6.07, 6.45) is 3.30. The first kappa shape index (κ1) is 12.9. The standard InChI is InChI=1S/C14H11N5O2/c20-19(21)13-6-3-4-11(8-13)14-16-10-18(17-14)9-12-5-1-2-7-15-12/h1-8,10H,9H2. The summed E-state index contributed by atoms with van der Waals surface area (Å²) in [6.45, 7) is 0.503. The Labute approximate surface area is 120 Å². The van der Waals surface area contributed by atoms with Crippen molar-refractivity contribution < 1.29 is 4.92 Å². The van der Waals surface area contributed by atoms with E-state index in [9.17, 15) is 10.1 Å². The van der Waals surface area contributed by atoms with Crippen LogP contribution >= 0.6 is 0 Å². The molecule has 0 aliphatic carbocycles. The Bertz CT molecular complexity index is 770. The molecular weight excluding hydrogens is 270 g/mol. The van der Waals surface area contributed by atoms with Crippen molar-refractivity contribution in [2.45, 2.75) is 6.54 Å². The van der Waals surface area contributed by atoms with Crippen LogP contribution in [0.4, 0.5) is 5.69 Å². The second-order valence-corrected chi connectivity index (χ2v) is 4.39. The Kier molecular flexibility index (Phi) is 3.38. The Hall–Kier alpha value is -3.09. The maximum atomic E-state index is 10.8. The molecule has 7 nitrogen and oxygen atoms in total. The van der Waals surface area contributed by atoms with Crippen LogP contribution in [0.3, 0.4) is 0 Å². The molecule has 0 amide bonds. The van der Waals surface area contributed by atoms with Crippen LogP contribution in [0.15, 0.2) is 55.0 Å². The number of pyridine rings is 1. The summed E-state index contributed by atoms with van der Waals surface area (Å²) in [7, 11) is 0. The highest BCUT2D eigenvalue weighted by Crippen LogP contribution is 2.20. The van der Waals surface area contributed by atoms with E-state index in [1.165, 1.54) is 12.1 Å². The van der Waals surface area contributed by atoms with Crippen LogP contribution < -0.4 is 0 Å². The third-order valence-corrected chi connectivity index (χ3v) is 2.90. The quantitative estimate of drug-likeness (QED) is 0.541. The third-order valence-electron chi connectivity index (χ3n) is 2.90. The highest BCUT2D eigenvalue weighted by molar-refractivity contribution is 5.58. The Balaban J connectivity index is 1.85. The number of rotatable bonds is 4. The first-order valence-electron chi connectivity index (χ1n) is 6.26. The summed E-state index contributed by atoms with van der Waals surface area (Å²) in [4.78, 5) is 18.7. The maximum absolute atomic E-state index is 10.8. The third kappa shape index (κ3) is 2.92. The van der Waals surface area contributed by atoms with Crippen molar-refractivity contribution in [3.05, 3.63) is 70.8 Å². The molecule has 21 heavy (non-hydrogen) atoms. The number of nitro benzene ring substituents is 1. The molecule has 0 fully saturated rings. The van der Waals surface area contributed by atoms with Gasteiger partial charge >= 0.3 is 0 Å². The molecule has 0 spiro atoms. The largest absolute Gasteiger partial charge is 0.270 e. The SMILES string of the molecule is O=[N+]([O-])c1cccc(-c2ncn(Cc3ccccn3)n2)c1. The molecule has 0 aliphatic rings. The molecule has 0 N–H and O–H groups in total. The fraction of sp³-hybridized carbons (Fsp3) is 0.0714. The highest BCUT2D eigenvalue weighted by Gasteiger charge is 2.10. The molecule has 104 valence electrons. The van der Waals surface area contributed by atoms with Gasteiger partial charge in [-0.2, -0.15) is 5.10 Å². The van der Waals surface area contributed by atoms with Gasteiger partial charge in [-0.15, -0.1) is 0 Å². The molecule has 3 rings (SSSR count). The van der Waals surface area contributed by atoms with E-state index < -0.39 is 4.92 Å². The van der Waals surface area contributed by atoms with E-state index in [1.807, 2.05) is 18.2 Å². The van der Waals surface area contributed by atoms with Crippen molar-refractivity contribution in [1.29, 1.82) is 0 Å². The van der Waals surface area contributed by atoms with E-state index in [2.05, 4.69) is 15.1 Å². The minimum atomic E-state index is -0.436. The van der Waals surface area contributed by atoms with E-state index in [0.29, 0.717) is 17.9 Å². The van der Waals surface area contributed by atoms with E-state index in [1.54, 1.807) is 29.3 Å². The number of non-ortho nitro benzene ring substituents is 1. The molecule has 0 bridgehead atoms. The number of aromatic nitrogens is 4. The molecule has 1 aromatic carbocycles. The van der Waals surface area contributed by atoms with Crippen molar-refractivity contribution in [3.63, 3.8) is 0 Å². The lowest BCUT2D eigenvalue weighted by molar-refractivity contribution is -0.384. The number of hydrogen-bond donors (Lipinski definition) is 0. The Morgan fingerprint density at radius 1 is 1.14 bits per heavy atom. The Morgan fingerprint density at radius 3 is 2.81 bits per heavy atom. The minimum absolute atomic E-state index is 0.0218. The minimum Gasteiger partial charge on any atom is -0.259 e. The topological polar surface area (TPSA) is 86.7 Å². The molecule has 2 aromatic heterocycles. The first-order valence-corrected chi connectivity index (χ1v) is 6.26. The summed E-state index contributed by atoms with van der Waals surface area (Å²) >= 11 is 0. The van der Waals surface area contributed by atoms with Crippen molar-refractivity contribution in [2.24, 2.45) is 0 Å². The van der Waals surface area contributed by atoms with Gasteiger partial charge in [0.15, 0.2) is 5.82 Å². The van der Waals surface area contributed by atoms with E-state index in [-0.39, 0.29) is 5.69 Å². The molecule has 0 aliphatic heterocycles. The second-order valence-electron chi connectivity index (χ2n) is 4.39. The van der Waals surface area contributed by atoms with Crippen LogP contribution in [0.2, 0.25) is 0 Å². The van der Waals surface area contributed by atoms with Crippen LogP contribution in [0.25, 0.3) is 11.4 Å². The average Bonchev–Trinajstić information content (AvgIpc) is 2.97. The fourth-order valence-corrected chi connectivity index (χ4v) is 1.92. The molecular formula is C14H11N5O2. The highest BCUT2D eigenvalue weighted by atomic mass is 16.6. The molecule has 7 heteroatoms. The van der Waals surface area contributed by atoms with Gasteiger partial charge in [-0.1, -0.05) is 18.2 Å². The van der Waals surface area contributed by atoms with Gasteiger partial charge in [0.1, 0.15) is 6.33 Å². The normalized spacial score (nSPS) is 10.5. The molecule has 0 saturated carbocycles. The van der Waals surface area contributed by atoms with Crippen molar-refractivity contribution in [2.75, 3.05) is 0 Å². The van der Waals surface area contributed by atoms with Crippen molar-refractivity contribution in [1.82, 2.24) is 19.7 Å². The zero-order valence-electron chi connectivity index (χ0n) is 11.0. The summed E-state index contributed by atoms with van der Waals surface area (Å²) in [6, 6.07) is 11.9. The smallest absolute Gasteiger partial charge is 0.259 e. The monoisotopic (exact) mass is 281 g/mol. The predicted molar refractivity (Wildman–Crippen MR) is 75.5 cm³/mol. The number of nitro groups is 1. The van der Waals surface area contributed by atoms with E-state index in [4.69, 9.17) is 0 Å². The maximum Gasteiger partial charge on any atom is 0.270 e. The summed E-state index contributed by atoms with van der Waals surface area (Å²) < 4.78 is 1.65. The molecule has 0 saturated heterocycles. The summed E-state index contributed by atoms with van der Waals surface area (Å²) in [5.41, 5.74) is 1.51. The van der Waals surface area contributed by atoms with Crippen molar-refractivity contribution >= 4 is 5.69 Å². The van der Waals surface area contributed by atoms with Gasteiger partial charge in [-0.05, 0) is 12.1 Å². The van der Waals surface area contributed by atoms with Crippen molar-refractivity contribution in [3.8, 4) is 11.4 Å². The Morgan fingerprint density at radius 2 is 2.05 bits per heavy atom. The fourth-order valence-electron chi connectivity index (χ4n) is 1.92. The molecule has 0 radical (unpaired) electrons. The van der Waals surface area contributed by atoms with Crippen LogP contribution in [0.5, 0.6) is 0 Å². The number of nitrogens with zero attached hydrogens (tertiary/aromatic N) is 5. The van der Waals surface area contributed by atoms with E-state index in [0.717, 1.165) is 5.69 Å². The van der Waals surface area contributed by atoms with E-state index >= 15 is 0 Å². The lowest BCUT2D eigenvalue weighted by atomic mass is 10.2. The zero-order chi connectivity index (χ0) is 14.7. The van der Waals surface area contributed by atoms with Gasteiger partial charge < -0.3 is 0 Å².